The molecule has 1 atom stereocenters. The molecule has 0 fully saturated rings. The number of nitrogens with zero attached hydrogens (tertiary/aromatic N) is 2. The van der Waals surface area contributed by atoms with E-state index in [9.17, 15) is 20.1 Å². The molecule has 0 aliphatic carbocycles. The molecule has 1 amide bonds. The Balaban J connectivity index is 2.33. The summed E-state index contributed by atoms with van der Waals surface area (Å²) in [6.45, 7) is 1.62. The average molecular weight is 365 g/mol. The fourth-order valence-corrected chi connectivity index (χ4v) is 3.39. The Morgan fingerprint density at radius 3 is 2.37 bits per heavy atom. The number of aryl methyl sites for hydroxylation is 1. The first-order chi connectivity index (χ1) is 12.8. The molecule has 0 saturated heterocycles. The molecule has 2 aromatic rings. The van der Waals surface area contributed by atoms with Crippen molar-refractivity contribution in [3.05, 3.63) is 65.2 Å². The van der Waals surface area contributed by atoms with Crippen molar-refractivity contribution in [2.45, 2.75) is 18.3 Å². The number of hydrogen-bond donors (Lipinski definition) is 1. The predicted molar refractivity (Wildman–Crippen MR) is 91.9 cm³/mol. The minimum Gasteiger partial charge on any atom is -0.325 e. The number of fused-ring (bicyclic) bond motifs is 1. The normalized spacial score (nSPS) is 18.4. The number of hydrogen-bond acceptors (Lipinski definition) is 4. The highest BCUT2D eigenvalue weighted by molar-refractivity contribution is 6.14. The highest BCUT2D eigenvalue weighted by atomic mass is 19.3. The fraction of sp³-hybridized carbons (Fsp3) is 0.200. The Morgan fingerprint density at radius 2 is 1.78 bits per heavy atom. The predicted octanol–water partition coefficient (Wildman–Crippen LogP) is 3.37. The second-order valence-electron chi connectivity index (χ2n) is 6.27. The molecule has 0 unspecified atom stereocenters. The van der Waals surface area contributed by atoms with E-state index in [0.717, 1.165) is 0 Å². The van der Waals surface area contributed by atoms with Crippen molar-refractivity contribution in [2.75, 3.05) is 5.32 Å². The number of ketones is 1. The quantitative estimate of drug-likeness (QED) is 0.841. The summed E-state index contributed by atoms with van der Waals surface area (Å²) in [6.07, 6.45) is 0. The maximum Gasteiger partial charge on any atom is 0.330 e. The zero-order valence-corrected chi connectivity index (χ0v) is 14.2. The molecule has 0 bridgehead atoms. The van der Waals surface area contributed by atoms with Gasteiger partial charge in [-0.2, -0.15) is 19.3 Å². The van der Waals surface area contributed by atoms with E-state index in [-0.39, 0.29) is 16.8 Å². The Morgan fingerprint density at radius 1 is 1.15 bits per heavy atom. The monoisotopic (exact) mass is 365 g/mol. The van der Waals surface area contributed by atoms with Crippen LogP contribution in [0.3, 0.4) is 0 Å². The van der Waals surface area contributed by atoms with Crippen LogP contribution < -0.4 is 5.32 Å². The summed E-state index contributed by atoms with van der Waals surface area (Å²) in [5.41, 5.74) is -2.88. The largest absolute Gasteiger partial charge is 0.330 e. The minimum absolute atomic E-state index is 0.0571. The van der Waals surface area contributed by atoms with Crippen LogP contribution in [-0.4, -0.2) is 17.6 Å². The Bertz CT molecular complexity index is 1010. The van der Waals surface area contributed by atoms with Gasteiger partial charge >= 0.3 is 5.92 Å². The third kappa shape index (κ3) is 2.40. The van der Waals surface area contributed by atoms with Gasteiger partial charge in [0.15, 0.2) is 11.3 Å². The third-order valence-corrected chi connectivity index (χ3v) is 4.71. The molecule has 2 aromatic carbocycles. The van der Waals surface area contributed by atoms with Crippen molar-refractivity contribution in [1.29, 1.82) is 10.5 Å². The number of halogens is 2. The summed E-state index contributed by atoms with van der Waals surface area (Å²) in [5, 5.41) is 21.1. The lowest BCUT2D eigenvalue weighted by Gasteiger charge is -2.35. The number of carbonyl (C=O) groups is 2. The number of alkyl halides is 2. The van der Waals surface area contributed by atoms with E-state index in [1.165, 1.54) is 48.5 Å². The van der Waals surface area contributed by atoms with Crippen molar-refractivity contribution in [1.82, 2.24) is 0 Å². The van der Waals surface area contributed by atoms with Crippen LogP contribution in [-0.2, 0) is 10.2 Å². The first-order valence-electron chi connectivity index (χ1n) is 8.00. The highest BCUT2D eigenvalue weighted by Crippen LogP contribution is 2.53. The van der Waals surface area contributed by atoms with Gasteiger partial charge in [-0.3, -0.25) is 9.59 Å². The number of anilines is 1. The first-order valence-corrected chi connectivity index (χ1v) is 8.00. The number of rotatable bonds is 4. The summed E-state index contributed by atoms with van der Waals surface area (Å²) in [4.78, 5) is 25.4. The molecule has 1 aliphatic rings. The number of nitriles is 2. The van der Waals surface area contributed by atoms with Crippen molar-refractivity contribution in [3.8, 4) is 12.1 Å². The van der Waals surface area contributed by atoms with Crippen LogP contribution in [0.25, 0.3) is 0 Å². The first kappa shape index (κ1) is 18.2. The van der Waals surface area contributed by atoms with Crippen LogP contribution in [0, 0.1) is 35.5 Å². The Hall–Kier alpha value is -3.58. The van der Waals surface area contributed by atoms with Crippen LogP contribution in [0.5, 0.6) is 0 Å². The molecular formula is C20H13F2N3O2. The smallest absolute Gasteiger partial charge is 0.325 e. The maximum absolute atomic E-state index is 15.6. The van der Waals surface area contributed by atoms with Crippen molar-refractivity contribution in [3.63, 3.8) is 0 Å². The minimum atomic E-state index is -4.33. The van der Waals surface area contributed by atoms with Gasteiger partial charge in [-0.1, -0.05) is 48.0 Å². The third-order valence-electron chi connectivity index (χ3n) is 4.71. The van der Waals surface area contributed by atoms with Crippen LogP contribution in [0.2, 0.25) is 0 Å². The van der Waals surface area contributed by atoms with Gasteiger partial charge in [-0.05, 0) is 13.0 Å². The highest BCUT2D eigenvalue weighted by Gasteiger charge is 2.71. The second-order valence-corrected chi connectivity index (χ2v) is 6.27. The number of carbonyl (C=O) groups excluding carboxylic acids is 2. The number of benzene rings is 2. The lowest BCUT2D eigenvalue weighted by molar-refractivity contribution is -0.134. The van der Waals surface area contributed by atoms with Gasteiger partial charge in [0, 0.05) is 16.8 Å². The van der Waals surface area contributed by atoms with E-state index in [1.807, 2.05) is 0 Å². The Kier molecular flexibility index (Phi) is 4.25. The zero-order valence-electron chi connectivity index (χ0n) is 14.2. The van der Waals surface area contributed by atoms with Gasteiger partial charge < -0.3 is 5.32 Å². The molecule has 0 radical (unpaired) electrons. The number of nitrogens with one attached hydrogen (secondary N) is 1. The molecule has 0 saturated carbocycles. The fourth-order valence-electron chi connectivity index (χ4n) is 3.39. The van der Waals surface area contributed by atoms with E-state index < -0.39 is 28.9 Å². The lowest BCUT2D eigenvalue weighted by atomic mass is 9.65. The standard InChI is InChI=1S/C20H13F2N3O2/c1-12-7-8-16-15(9-12)19(18(27)25-16,14(10-23)11-24)20(21,22)17(26)13-5-3-2-4-6-13/h2-9,14H,1H3,(H,25,27)/t19-/m1/s1. The summed E-state index contributed by atoms with van der Waals surface area (Å²) in [5.74, 6) is -9.26. The van der Waals surface area contributed by atoms with Crippen molar-refractivity contribution in [2.24, 2.45) is 5.92 Å². The van der Waals surface area contributed by atoms with Gasteiger partial charge in [0.1, 0.15) is 0 Å². The maximum atomic E-state index is 15.6. The van der Waals surface area contributed by atoms with E-state index in [1.54, 1.807) is 19.1 Å². The molecule has 1 heterocycles. The van der Waals surface area contributed by atoms with Crippen LogP contribution >= 0.6 is 0 Å². The van der Waals surface area contributed by atoms with Gasteiger partial charge in [0.2, 0.25) is 11.7 Å². The topological polar surface area (TPSA) is 93.8 Å². The van der Waals surface area contributed by atoms with Crippen LogP contribution in [0.1, 0.15) is 21.5 Å². The lowest BCUT2D eigenvalue weighted by Crippen LogP contribution is -2.58. The van der Waals surface area contributed by atoms with E-state index in [4.69, 9.17) is 0 Å². The Labute approximate surface area is 153 Å². The molecule has 5 nitrogen and oxygen atoms in total. The molecule has 27 heavy (non-hydrogen) atoms. The molecule has 0 spiro atoms. The van der Waals surface area contributed by atoms with Gasteiger partial charge in [0.25, 0.3) is 0 Å². The molecule has 0 aromatic heterocycles. The summed E-state index contributed by atoms with van der Waals surface area (Å²) < 4.78 is 31.3. The zero-order chi connectivity index (χ0) is 19.8. The van der Waals surface area contributed by atoms with Gasteiger partial charge in [0.05, 0.1) is 12.1 Å². The average Bonchev–Trinajstić information content (AvgIpc) is 2.96. The molecule has 3 rings (SSSR count). The van der Waals surface area contributed by atoms with E-state index in [2.05, 4.69) is 5.32 Å². The summed E-state index contributed by atoms with van der Waals surface area (Å²) >= 11 is 0. The van der Waals surface area contributed by atoms with E-state index >= 15 is 8.78 Å². The number of Topliss-reactive ketones (excluding diaryl/α,β-unsaturated/α-hetero) is 1. The van der Waals surface area contributed by atoms with E-state index in [0.29, 0.717) is 5.56 Å². The molecule has 1 aliphatic heterocycles. The summed E-state index contributed by atoms with van der Waals surface area (Å²) in [7, 11) is 0. The SMILES string of the molecule is Cc1ccc2c(c1)[C@@](C(C#N)C#N)(C(F)(F)C(=O)c1ccccc1)C(=O)N2. The number of amides is 1. The van der Waals surface area contributed by atoms with Crippen LogP contribution in [0.15, 0.2) is 48.5 Å². The van der Waals surface area contributed by atoms with Gasteiger partial charge in [-0.15, -0.1) is 0 Å². The summed E-state index contributed by atoms with van der Waals surface area (Å²) in [6, 6.07) is 14.1. The van der Waals surface area contributed by atoms with Crippen molar-refractivity contribution < 1.29 is 18.4 Å². The van der Waals surface area contributed by atoms with Crippen molar-refractivity contribution >= 4 is 17.4 Å². The molecule has 7 heteroatoms. The van der Waals surface area contributed by atoms with Crippen LogP contribution in [0.4, 0.5) is 14.5 Å². The van der Waals surface area contributed by atoms with Gasteiger partial charge in [-0.25, -0.2) is 0 Å². The molecule has 1 N–H and O–H groups in total. The second kappa shape index (κ2) is 6.30. The molecule has 134 valence electrons. The molecular weight excluding hydrogens is 352 g/mol.